The first-order valence-corrected chi connectivity index (χ1v) is 11.9. The molecule has 4 aromatic rings. The zero-order valence-corrected chi connectivity index (χ0v) is 19.7. The Labute approximate surface area is 199 Å². The number of anilines is 3. The van der Waals surface area contributed by atoms with Gasteiger partial charge in [0.25, 0.3) is 0 Å². The Morgan fingerprint density at radius 3 is 2.50 bits per heavy atom. The van der Waals surface area contributed by atoms with E-state index in [0.717, 1.165) is 48.8 Å². The topological polar surface area (TPSA) is 62.1 Å². The van der Waals surface area contributed by atoms with Gasteiger partial charge >= 0.3 is 0 Å². The summed E-state index contributed by atoms with van der Waals surface area (Å²) in [6.45, 7) is 9.95. The van der Waals surface area contributed by atoms with Crippen LogP contribution in [0.3, 0.4) is 0 Å². The van der Waals surface area contributed by atoms with Gasteiger partial charge in [-0.1, -0.05) is 26.0 Å². The summed E-state index contributed by atoms with van der Waals surface area (Å²) in [6, 6.07) is 15.8. The molecule has 176 valence electrons. The van der Waals surface area contributed by atoms with Gasteiger partial charge in [-0.3, -0.25) is 9.47 Å². The van der Waals surface area contributed by atoms with Crippen molar-refractivity contribution in [3.63, 3.8) is 0 Å². The van der Waals surface area contributed by atoms with E-state index in [1.54, 1.807) is 10.9 Å². The predicted octanol–water partition coefficient (Wildman–Crippen LogP) is 4.87. The minimum atomic E-state index is -0.505. The van der Waals surface area contributed by atoms with E-state index < -0.39 is 5.82 Å². The van der Waals surface area contributed by atoms with Crippen molar-refractivity contribution in [2.45, 2.75) is 20.3 Å². The second kappa shape index (κ2) is 9.77. The Bertz CT molecular complexity index is 1240. The van der Waals surface area contributed by atoms with Crippen molar-refractivity contribution >= 4 is 28.2 Å². The summed E-state index contributed by atoms with van der Waals surface area (Å²) in [4.78, 5) is 17.9. The highest BCUT2D eigenvalue weighted by Crippen LogP contribution is 2.24. The number of halogens is 1. The first-order chi connectivity index (χ1) is 16.6. The predicted molar refractivity (Wildman–Crippen MR) is 134 cm³/mol. The molecule has 3 heterocycles. The number of nitrogens with zero attached hydrogens (tertiary/aromatic N) is 6. The molecule has 5 rings (SSSR count). The van der Waals surface area contributed by atoms with Gasteiger partial charge in [-0.2, -0.15) is 4.98 Å². The molecule has 1 aliphatic rings. The first kappa shape index (κ1) is 22.3. The van der Waals surface area contributed by atoms with Crippen molar-refractivity contribution in [2.24, 2.45) is 5.92 Å². The number of hydrogen-bond donors (Lipinski definition) is 1. The Morgan fingerprint density at radius 1 is 0.971 bits per heavy atom. The van der Waals surface area contributed by atoms with Crippen molar-refractivity contribution < 1.29 is 4.39 Å². The van der Waals surface area contributed by atoms with Crippen molar-refractivity contribution in [3.05, 3.63) is 66.9 Å². The number of para-hydroxylation sites is 2. The van der Waals surface area contributed by atoms with Crippen LogP contribution in [-0.4, -0.2) is 57.1 Å². The Kier molecular flexibility index (Phi) is 6.40. The van der Waals surface area contributed by atoms with Crippen molar-refractivity contribution in [1.29, 1.82) is 0 Å². The highest BCUT2D eigenvalue weighted by molar-refractivity contribution is 5.76. The normalized spacial score (nSPS) is 14.8. The molecule has 1 saturated heterocycles. The summed E-state index contributed by atoms with van der Waals surface area (Å²) in [7, 11) is 0. The maximum absolute atomic E-state index is 14.5. The van der Waals surface area contributed by atoms with Crippen LogP contribution in [0, 0.1) is 11.7 Å². The Balaban J connectivity index is 1.26. The van der Waals surface area contributed by atoms with Crippen LogP contribution in [0.5, 0.6) is 0 Å². The van der Waals surface area contributed by atoms with E-state index >= 15 is 0 Å². The van der Waals surface area contributed by atoms with E-state index in [9.17, 15) is 4.39 Å². The van der Waals surface area contributed by atoms with Gasteiger partial charge in [0.2, 0.25) is 5.95 Å². The minimum absolute atomic E-state index is 0.134. The third-order valence-electron chi connectivity index (χ3n) is 6.29. The summed E-state index contributed by atoms with van der Waals surface area (Å²) in [5.41, 5.74) is 3.66. The quantitative estimate of drug-likeness (QED) is 0.426. The van der Waals surface area contributed by atoms with Gasteiger partial charge in [0, 0.05) is 37.6 Å². The van der Waals surface area contributed by atoms with Crippen LogP contribution >= 0.6 is 0 Å². The van der Waals surface area contributed by atoms with E-state index in [0.29, 0.717) is 5.95 Å². The molecular weight excluding hydrogens is 429 g/mol. The number of benzene rings is 2. The van der Waals surface area contributed by atoms with Crippen LogP contribution in [0.4, 0.5) is 21.6 Å². The fourth-order valence-corrected chi connectivity index (χ4v) is 4.24. The number of piperazine rings is 1. The highest BCUT2D eigenvalue weighted by Gasteiger charge is 2.17. The van der Waals surface area contributed by atoms with Crippen molar-refractivity contribution in [3.8, 4) is 5.95 Å². The van der Waals surface area contributed by atoms with E-state index in [1.807, 2.05) is 36.4 Å². The molecule has 2 aromatic heterocycles. The monoisotopic (exact) mass is 459 g/mol. The van der Waals surface area contributed by atoms with Crippen LogP contribution in [-0.2, 0) is 0 Å². The molecule has 0 aliphatic carbocycles. The van der Waals surface area contributed by atoms with Crippen molar-refractivity contribution in [2.75, 3.05) is 42.9 Å². The molecular formula is C26H30FN7. The summed E-state index contributed by atoms with van der Waals surface area (Å²) < 4.78 is 16.3. The number of nitrogens with one attached hydrogen (secondary N) is 1. The van der Waals surface area contributed by atoms with Crippen molar-refractivity contribution in [1.82, 2.24) is 24.4 Å². The maximum atomic E-state index is 14.5. The summed E-state index contributed by atoms with van der Waals surface area (Å²) in [5.74, 6) is 0.738. The lowest BCUT2D eigenvalue weighted by atomic mass is 10.1. The van der Waals surface area contributed by atoms with Gasteiger partial charge < -0.3 is 10.2 Å². The average molecular weight is 460 g/mol. The highest BCUT2D eigenvalue weighted by atomic mass is 19.1. The zero-order valence-electron chi connectivity index (χ0n) is 19.7. The zero-order chi connectivity index (χ0) is 23.5. The molecule has 8 heteroatoms. The Morgan fingerprint density at radius 2 is 1.74 bits per heavy atom. The Hall–Kier alpha value is -3.52. The molecule has 0 radical (unpaired) electrons. The molecule has 1 N–H and O–H groups in total. The third-order valence-corrected chi connectivity index (χ3v) is 6.29. The van der Waals surface area contributed by atoms with E-state index in [-0.39, 0.29) is 5.82 Å². The van der Waals surface area contributed by atoms with Crippen LogP contribution in [0.2, 0.25) is 0 Å². The van der Waals surface area contributed by atoms with E-state index in [2.05, 4.69) is 56.0 Å². The first-order valence-electron chi connectivity index (χ1n) is 11.9. The third kappa shape index (κ3) is 4.87. The lowest BCUT2D eigenvalue weighted by molar-refractivity contribution is 0.244. The number of fused-ring (bicyclic) bond motifs is 1. The summed E-state index contributed by atoms with van der Waals surface area (Å²) in [5, 5.41) is 3.10. The van der Waals surface area contributed by atoms with Gasteiger partial charge in [-0.15, -0.1) is 0 Å². The van der Waals surface area contributed by atoms with Crippen LogP contribution < -0.4 is 10.2 Å². The molecule has 1 fully saturated rings. The fraction of sp³-hybridized carbons (Fsp3) is 0.346. The standard InChI is InChI=1S/C26H30FN7/c1-19(2)11-12-32-13-15-33(16-14-32)21-9-7-20(8-10-21)30-25-22(27)17-28-26(31-25)34-18-29-23-5-3-4-6-24(23)34/h3-10,17-19H,11-16H2,1-2H3,(H,28,30,31). The molecule has 2 aromatic carbocycles. The van der Waals surface area contributed by atoms with Crippen LogP contribution in [0.15, 0.2) is 61.1 Å². The molecule has 7 nitrogen and oxygen atoms in total. The molecule has 0 spiro atoms. The molecule has 0 bridgehead atoms. The van der Waals surface area contributed by atoms with E-state index in [4.69, 9.17) is 0 Å². The average Bonchev–Trinajstić information content (AvgIpc) is 3.29. The number of aromatic nitrogens is 4. The molecule has 0 saturated carbocycles. The summed E-state index contributed by atoms with van der Waals surface area (Å²) in [6.07, 6.45) is 4.09. The fourth-order valence-electron chi connectivity index (χ4n) is 4.24. The smallest absolute Gasteiger partial charge is 0.237 e. The maximum Gasteiger partial charge on any atom is 0.237 e. The van der Waals surface area contributed by atoms with E-state index in [1.165, 1.54) is 24.8 Å². The molecule has 0 unspecified atom stereocenters. The number of rotatable bonds is 7. The molecule has 1 aliphatic heterocycles. The lowest BCUT2D eigenvalue weighted by Gasteiger charge is -2.36. The molecule has 0 atom stereocenters. The summed E-state index contributed by atoms with van der Waals surface area (Å²) >= 11 is 0. The molecule has 0 amide bonds. The van der Waals surface area contributed by atoms with Gasteiger partial charge in [0.15, 0.2) is 11.6 Å². The second-order valence-electron chi connectivity index (χ2n) is 9.15. The SMILES string of the molecule is CC(C)CCN1CCN(c2ccc(Nc3nc(-n4cnc5ccccc54)ncc3F)cc2)CC1. The van der Waals surface area contributed by atoms with Gasteiger partial charge in [-0.25, -0.2) is 14.4 Å². The largest absolute Gasteiger partial charge is 0.369 e. The second-order valence-corrected chi connectivity index (χ2v) is 9.15. The van der Waals surface area contributed by atoms with Crippen LogP contribution in [0.1, 0.15) is 20.3 Å². The minimum Gasteiger partial charge on any atom is -0.369 e. The molecule has 34 heavy (non-hydrogen) atoms. The van der Waals surface area contributed by atoms with Gasteiger partial charge in [-0.05, 0) is 55.3 Å². The number of hydrogen-bond acceptors (Lipinski definition) is 6. The van der Waals surface area contributed by atoms with Gasteiger partial charge in [0.05, 0.1) is 17.2 Å². The number of imidazole rings is 1. The van der Waals surface area contributed by atoms with Crippen LogP contribution in [0.25, 0.3) is 17.0 Å². The lowest BCUT2D eigenvalue weighted by Crippen LogP contribution is -2.46. The van der Waals surface area contributed by atoms with Gasteiger partial charge in [0.1, 0.15) is 6.33 Å².